The van der Waals surface area contributed by atoms with Crippen LogP contribution >= 0.6 is 0 Å². The molecular formula is C11H9FN2O. The lowest BCUT2D eigenvalue weighted by Gasteiger charge is -2.04. The van der Waals surface area contributed by atoms with Gasteiger partial charge in [-0.15, -0.1) is 0 Å². The fraction of sp³-hybridized carbons (Fsp3) is 0.0909. The molecule has 0 aliphatic carbocycles. The van der Waals surface area contributed by atoms with E-state index in [0.29, 0.717) is 0 Å². The monoisotopic (exact) mass is 204 g/mol. The molecule has 0 unspecified atom stereocenters. The quantitative estimate of drug-likeness (QED) is 0.587. The van der Waals surface area contributed by atoms with Crippen LogP contribution in [0, 0.1) is 17.1 Å². The Morgan fingerprint density at radius 2 is 2.07 bits per heavy atom. The lowest BCUT2D eigenvalue weighted by molar-refractivity contribution is -0.114. The summed E-state index contributed by atoms with van der Waals surface area (Å²) in [6.07, 6.45) is 0. The summed E-state index contributed by atoms with van der Waals surface area (Å²) in [5, 5.41) is 8.69. The number of rotatable bonds is 2. The van der Waals surface area contributed by atoms with Crippen molar-refractivity contribution in [1.82, 2.24) is 0 Å². The van der Waals surface area contributed by atoms with Gasteiger partial charge in [0, 0.05) is 5.56 Å². The Labute approximate surface area is 86.6 Å². The van der Waals surface area contributed by atoms with Gasteiger partial charge in [0.2, 0.25) is 0 Å². The lowest BCUT2D eigenvalue weighted by atomic mass is 10.0. The lowest BCUT2D eigenvalue weighted by Crippen LogP contribution is -2.14. The van der Waals surface area contributed by atoms with Crippen LogP contribution in [0.25, 0.3) is 5.57 Å². The van der Waals surface area contributed by atoms with Crippen molar-refractivity contribution in [3.05, 3.63) is 41.2 Å². The first-order valence-electron chi connectivity index (χ1n) is 4.23. The molecule has 0 atom stereocenters. The molecule has 1 aromatic carbocycles. The Morgan fingerprint density at radius 1 is 1.47 bits per heavy atom. The number of amides is 1. The third kappa shape index (κ3) is 2.20. The standard InChI is InChI=1S/C11H9FN2O/c1-7(9(6-13)11(14)15)8-4-2-3-5-10(8)12/h2-5H,1H3,(H2,14,15). The first-order valence-corrected chi connectivity index (χ1v) is 4.23. The number of carbonyl (C=O) groups is 1. The summed E-state index contributed by atoms with van der Waals surface area (Å²) < 4.78 is 13.3. The second-order valence-electron chi connectivity index (χ2n) is 2.96. The van der Waals surface area contributed by atoms with Crippen LogP contribution in [0.15, 0.2) is 29.8 Å². The normalized spacial score (nSPS) is 11.5. The number of benzene rings is 1. The van der Waals surface area contributed by atoms with Crippen LogP contribution in [0.5, 0.6) is 0 Å². The molecule has 0 saturated carbocycles. The smallest absolute Gasteiger partial charge is 0.259 e. The van der Waals surface area contributed by atoms with Gasteiger partial charge in [-0.3, -0.25) is 4.79 Å². The zero-order chi connectivity index (χ0) is 11.4. The van der Waals surface area contributed by atoms with E-state index in [0.717, 1.165) is 0 Å². The Bertz CT molecular complexity index is 472. The second-order valence-corrected chi connectivity index (χ2v) is 2.96. The minimum atomic E-state index is -0.849. The summed E-state index contributed by atoms with van der Waals surface area (Å²) in [5.41, 5.74) is 5.24. The zero-order valence-corrected chi connectivity index (χ0v) is 8.12. The van der Waals surface area contributed by atoms with Crippen LogP contribution in [0.4, 0.5) is 4.39 Å². The van der Waals surface area contributed by atoms with Gasteiger partial charge in [-0.2, -0.15) is 5.26 Å². The summed E-state index contributed by atoms with van der Waals surface area (Å²) in [6, 6.07) is 7.57. The van der Waals surface area contributed by atoms with E-state index in [4.69, 9.17) is 11.0 Å². The highest BCUT2D eigenvalue weighted by atomic mass is 19.1. The highest BCUT2D eigenvalue weighted by molar-refractivity contribution is 6.03. The molecule has 0 bridgehead atoms. The van der Waals surface area contributed by atoms with Crippen molar-refractivity contribution in [2.45, 2.75) is 6.92 Å². The molecule has 0 saturated heterocycles. The molecule has 0 aliphatic rings. The van der Waals surface area contributed by atoms with Gasteiger partial charge < -0.3 is 5.73 Å². The van der Waals surface area contributed by atoms with Gasteiger partial charge in [-0.25, -0.2) is 4.39 Å². The Kier molecular flexibility index (Phi) is 3.19. The van der Waals surface area contributed by atoms with Crippen LogP contribution in [-0.2, 0) is 4.79 Å². The molecule has 0 heterocycles. The molecule has 0 radical (unpaired) electrons. The van der Waals surface area contributed by atoms with Crippen molar-refractivity contribution in [2.75, 3.05) is 0 Å². The molecular weight excluding hydrogens is 195 g/mol. The minimum absolute atomic E-state index is 0.216. The Morgan fingerprint density at radius 3 is 2.53 bits per heavy atom. The number of nitrogens with two attached hydrogens (primary N) is 1. The van der Waals surface area contributed by atoms with Gasteiger partial charge in [0.25, 0.3) is 5.91 Å². The predicted octanol–water partition coefficient (Wildman–Crippen LogP) is 1.61. The van der Waals surface area contributed by atoms with E-state index in [9.17, 15) is 9.18 Å². The van der Waals surface area contributed by atoms with E-state index >= 15 is 0 Å². The number of hydrogen-bond acceptors (Lipinski definition) is 2. The number of allylic oxidation sites excluding steroid dienone is 1. The molecule has 0 aromatic heterocycles. The largest absolute Gasteiger partial charge is 0.365 e. The van der Waals surface area contributed by atoms with E-state index in [-0.39, 0.29) is 16.7 Å². The third-order valence-corrected chi connectivity index (χ3v) is 2.01. The van der Waals surface area contributed by atoms with Gasteiger partial charge in [0.15, 0.2) is 0 Å². The number of carbonyl (C=O) groups excluding carboxylic acids is 1. The summed E-state index contributed by atoms with van der Waals surface area (Å²) in [7, 11) is 0. The highest BCUT2D eigenvalue weighted by Crippen LogP contribution is 2.20. The van der Waals surface area contributed by atoms with Crippen LogP contribution in [0.3, 0.4) is 0 Å². The molecule has 2 N–H and O–H groups in total. The number of halogens is 1. The summed E-state index contributed by atoms with van der Waals surface area (Å²) in [4.78, 5) is 10.9. The number of hydrogen-bond donors (Lipinski definition) is 1. The molecule has 0 spiro atoms. The molecule has 4 heteroatoms. The third-order valence-electron chi connectivity index (χ3n) is 2.01. The zero-order valence-electron chi connectivity index (χ0n) is 8.12. The van der Waals surface area contributed by atoms with E-state index in [1.54, 1.807) is 12.1 Å². The average molecular weight is 204 g/mol. The van der Waals surface area contributed by atoms with Crippen molar-refractivity contribution in [3.8, 4) is 6.07 Å². The van der Waals surface area contributed by atoms with E-state index in [1.165, 1.54) is 25.1 Å². The van der Waals surface area contributed by atoms with Crippen LogP contribution in [0.2, 0.25) is 0 Å². The van der Waals surface area contributed by atoms with Crippen molar-refractivity contribution < 1.29 is 9.18 Å². The van der Waals surface area contributed by atoms with Gasteiger partial charge in [-0.05, 0) is 18.6 Å². The van der Waals surface area contributed by atoms with E-state index < -0.39 is 11.7 Å². The summed E-state index contributed by atoms with van der Waals surface area (Å²) in [5.74, 6) is -1.33. The maximum absolute atomic E-state index is 13.3. The van der Waals surface area contributed by atoms with Gasteiger partial charge in [0.1, 0.15) is 17.5 Å². The Balaban J connectivity index is 3.37. The van der Waals surface area contributed by atoms with Gasteiger partial charge >= 0.3 is 0 Å². The van der Waals surface area contributed by atoms with Crippen molar-refractivity contribution in [3.63, 3.8) is 0 Å². The first-order chi connectivity index (χ1) is 7.07. The molecule has 15 heavy (non-hydrogen) atoms. The highest BCUT2D eigenvalue weighted by Gasteiger charge is 2.12. The number of nitriles is 1. The van der Waals surface area contributed by atoms with E-state index in [2.05, 4.69) is 0 Å². The SMILES string of the molecule is CC(=C(C#N)C(N)=O)c1ccccc1F. The molecule has 1 rings (SSSR count). The fourth-order valence-electron chi connectivity index (χ4n) is 1.22. The molecule has 76 valence electrons. The molecule has 0 aliphatic heterocycles. The van der Waals surface area contributed by atoms with Crippen molar-refractivity contribution in [1.29, 1.82) is 5.26 Å². The Hall–Kier alpha value is -2.15. The van der Waals surface area contributed by atoms with Crippen LogP contribution in [-0.4, -0.2) is 5.91 Å². The maximum Gasteiger partial charge on any atom is 0.259 e. The fourth-order valence-corrected chi connectivity index (χ4v) is 1.22. The first kappa shape index (κ1) is 10.9. The van der Waals surface area contributed by atoms with Gasteiger partial charge in [-0.1, -0.05) is 18.2 Å². The second kappa shape index (κ2) is 4.38. The number of primary amides is 1. The van der Waals surface area contributed by atoms with Crippen LogP contribution < -0.4 is 5.73 Å². The van der Waals surface area contributed by atoms with Crippen molar-refractivity contribution in [2.24, 2.45) is 5.73 Å². The minimum Gasteiger partial charge on any atom is -0.365 e. The average Bonchev–Trinajstić information content (AvgIpc) is 2.18. The molecule has 1 aromatic rings. The van der Waals surface area contributed by atoms with Crippen LogP contribution in [0.1, 0.15) is 12.5 Å². The predicted molar refractivity (Wildman–Crippen MR) is 53.8 cm³/mol. The number of nitrogens with zero attached hydrogens (tertiary/aromatic N) is 1. The summed E-state index contributed by atoms with van der Waals surface area (Å²) >= 11 is 0. The molecule has 1 amide bonds. The summed E-state index contributed by atoms with van der Waals surface area (Å²) in [6.45, 7) is 1.49. The van der Waals surface area contributed by atoms with Gasteiger partial charge in [0.05, 0.1) is 0 Å². The van der Waals surface area contributed by atoms with E-state index in [1.807, 2.05) is 0 Å². The maximum atomic E-state index is 13.3. The molecule has 0 fully saturated rings. The molecule has 3 nitrogen and oxygen atoms in total. The topological polar surface area (TPSA) is 66.9 Å². The van der Waals surface area contributed by atoms with Crippen molar-refractivity contribution >= 4 is 11.5 Å².